The van der Waals surface area contributed by atoms with Crippen molar-refractivity contribution in [1.29, 1.82) is 0 Å². The molecule has 4 N–H and O–H groups in total. The molecule has 7 nitrogen and oxygen atoms in total. The monoisotopic (exact) mass is 357 g/mol. The Morgan fingerprint density at radius 3 is 2.84 bits per heavy atom. The summed E-state index contributed by atoms with van der Waals surface area (Å²) in [5.74, 6) is 1.16. The second kappa shape index (κ2) is 7.85. The highest BCUT2D eigenvalue weighted by molar-refractivity contribution is 6.31. The van der Waals surface area contributed by atoms with Crippen molar-refractivity contribution >= 4 is 34.6 Å². The van der Waals surface area contributed by atoms with E-state index in [9.17, 15) is 0 Å². The first kappa shape index (κ1) is 17.0. The van der Waals surface area contributed by atoms with Crippen molar-refractivity contribution in [2.75, 3.05) is 22.9 Å². The number of nitrogens with zero attached hydrogens (tertiary/aromatic N) is 4. The van der Waals surface area contributed by atoms with Crippen LogP contribution in [0.3, 0.4) is 0 Å². The number of benzene rings is 1. The molecule has 0 amide bonds. The summed E-state index contributed by atoms with van der Waals surface area (Å²) in [5, 5.41) is 7.12. The Morgan fingerprint density at radius 2 is 2.08 bits per heavy atom. The van der Waals surface area contributed by atoms with Crippen molar-refractivity contribution < 1.29 is 0 Å². The van der Waals surface area contributed by atoms with Gasteiger partial charge >= 0.3 is 0 Å². The van der Waals surface area contributed by atoms with E-state index in [0.29, 0.717) is 22.3 Å². The van der Waals surface area contributed by atoms with E-state index in [0.717, 1.165) is 30.8 Å². The minimum Gasteiger partial charge on any atom is -0.393 e. The Balaban J connectivity index is 1.61. The van der Waals surface area contributed by atoms with Gasteiger partial charge in [-0.05, 0) is 31.0 Å². The van der Waals surface area contributed by atoms with Crippen LogP contribution in [0.15, 0.2) is 43.2 Å². The van der Waals surface area contributed by atoms with Gasteiger partial charge in [0.2, 0.25) is 0 Å². The number of aryl methyl sites for hydroxylation is 2. The molecule has 2 aromatic heterocycles. The van der Waals surface area contributed by atoms with E-state index in [1.807, 2.05) is 35.9 Å². The molecule has 130 valence electrons. The van der Waals surface area contributed by atoms with Crippen LogP contribution in [-0.4, -0.2) is 26.1 Å². The van der Waals surface area contributed by atoms with E-state index in [-0.39, 0.29) is 0 Å². The molecule has 0 fully saturated rings. The van der Waals surface area contributed by atoms with Gasteiger partial charge in [0.25, 0.3) is 0 Å². The molecule has 0 aliphatic carbocycles. The van der Waals surface area contributed by atoms with Crippen LogP contribution >= 0.6 is 11.6 Å². The number of hydrogen-bond acceptors (Lipinski definition) is 6. The Kier molecular flexibility index (Phi) is 5.35. The normalized spacial score (nSPS) is 10.6. The average molecular weight is 358 g/mol. The topological polar surface area (TPSA) is 93.7 Å². The zero-order valence-electron chi connectivity index (χ0n) is 13.9. The van der Waals surface area contributed by atoms with E-state index >= 15 is 0 Å². The smallest absolute Gasteiger partial charge is 0.159 e. The molecule has 0 radical (unpaired) electrons. The maximum atomic E-state index is 6.18. The molecule has 0 aliphatic heterocycles. The predicted molar refractivity (Wildman–Crippen MR) is 101 cm³/mol. The Bertz CT molecular complexity index is 833. The number of nitrogens with two attached hydrogens (primary N) is 1. The van der Waals surface area contributed by atoms with Gasteiger partial charge in [-0.2, -0.15) is 0 Å². The highest BCUT2D eigenvalue weighted by atomic mass is 35.5. The van der Waals surface area contributed by atoms with Crippen LogP contribution in [0.25, 0.3) is 0 Å². The fraction of sp³-hybridized carbons (Fsp3) is 0.235. The first-order chi connectivity index (χ1) is 12.1. The standard InChI is InChI=1S/C17H20ClN7/c1-12-3-4-13(9-14(12)18)24-17-15(19)16(22-10-23-17)21-5-2-7-25-8-6-20-11-25/h3-4,6,8-11H,2,5,7,19H2,1H3,(H2,21,22,23,24). The molecule has 0 aliphatic rings. The van der Waals surface area contributed by atoms with Crippen LogP contribution in [-0.2, 0) is 6.54 Å². The van der Waals surface area contributed by atoms with E-state index < -0.39 is 0 Å². The Hall–Kier alpha value is -2.80. The van der Waals surface area contributed by atoms with Crippen LogP contribution in [0.4, 0.5) is 23.0 Å². The van der Waals surface area contributed by atoms with Crippen molar-refractivity contribution in [3.8, 4) is 0 Å². The van der Waals surface area contributed by atoms with Crippen molar-refractivity contribution in [3.05, 3.63) is 53.8 Å². The quantitative estimate of drug-likeness (QED) is 0.560. The largest absolute Gasteiger partial charge is 0.393 e. The van der Waals surface area contributed by atoms with Crippen molar-refractivity contribution in [2.45, 2.75) is 19.9 Å². The lowest BCUT2D eigenvalue weighted by molar-refractivity contribution is 0.660. The van der Waals surface area contributed by atoms with E-state index in [2.05, 4.69) is 25.6 Å². The second-order valence-electron chi connectivity index (χ2n) is 5.65. The van der Waals surface area contributed by atoms with Crippen LogP contribution in [0.1, 0.15) is 12.0 Å². The number of halogens is 1. The molecule has 0 saturated carbocycles. The van der Waals surface area contributed by atoms with Crippen molar-refractivity contribution in [1.82, 2.24) is 19.5 Å². The van der Waals surface area contributed by atoms with Gasteiger partial charge in [0.15, 0.2) is 11.6 Å². The fourth-order valence-electron chi connectivity index (χ4n) is 2.33. The second-order valence-corrected chi connectivity index (χ2v) is 6.06. The molecule has 0 atom stereocenters. The summed E-state index contributed by atoms with van der Waals surface area (Å²) in [4.78, 5) is 12.4. The van der Waals surface area contributed by atoms with Gasteiger partial charge in [-0.3, -0.25) is 0 Å². The summed E-state index contributed by atoms with van der Waals surface area (Å²) in [7, 11) is 0. The zero-order chi connectivity index (χ0) is 17.6. The minimum absolute atomic E-state index is 0.474. The van der Waals surface area contributed by atoms with Gasteiger partial charge in [-0.1, -0.05) is 17.7 Å². The van der Waals surface area contributed by atoms with Crippen LogP contribution in [0, 0.1) is 6.92 Å². The molecular weight excluding hydrogens is 338 g/mol. The number of imidazole rings is 1. The van der Waals surface area contributed by atoms with Crippen LogP contribution in [0.5, 0.6) is 0 Å². The molecule has 3 rings (SSSR count). The number of nitrogen functional groups attached to an aromatic ring is 1. The summed E-state index contributed by atoms with van der Waals surface area (Å²) < 4.78 is 2.03. The number of aromatic nitrogens is 4. The third-order valence-corrected chi connectivity index (χ3v) is 4.17. The van der Waals surface area contributed by atoms with Gasteiger partial charge < -0.3 is 20.9 Å². The molecule has 1 aromatic carbocycles. The minimum atomic E-state index is 0.474. The molecular formula is C17H20ClN7. The lowest BCUT2D eigenvalue weighted by atomic mass is 10.2. The highest BCUT2D eigenvalue weighted by Gasteiger charge is 2.08. The first-order valence-electron chi connectivity index (χ1n) is 7.97. The Morgan fingerprint density at radius 1 is 1.24 bits per heavy atom. The van der Waals surface area contributed by atoms with Crippen molar-refractivity contribution in [3.63, 3.8) is 0 Å². The number of rotatable bonds is 7. The zero-order valence-corrected chi connectivity index (χ0v) is 14.7. The summed E-state index contributed by atoms with van der Waals surface area (Å²) in [6.45, 7) is 3.58. The lowest BCUT2D eigenvalue weighted by Crippen LogP contribution is -2.10. The molecule has 8 heteroatoms. The predicted octanol–water partition coefficient (Wildman–Crippen LogP) is 3.46. The molecule has 0 saturated heterocycles. The van der Waals surface area contributed by atoms with Gasteiger partial charge in [0.1, 0.15) is 12.0 Å². The molecule has 25 heavy (non-hydrogen) atoms. The van der Waals surface area contributed by atoms with Crippen molar-refractivity contribution in [2.24, 2.45) is 0 Å². The molecule has 2 heterocycles. The summed E-state index contributed by atoms with van der Waals surface area (Å²) in [6.07, 6.45) is 7.91. The SMILES string of the molecule is Cc1ccc(Nc2ncnc(NCCCn3ccnc3)c2N)cc1Cl. The Labute approximate surface area is 151 Å². The average Bonchev–Trinajstić information content (AvgIpc) is 3.11. The third-order valence-electron chi connectivity index (χ3n) is 3.76. The number of anilines is 4. The van der Waals surface area contributed by atoms with E-state index in [1.165, 1.54) is 6.33 Å². The van der Waals surface area contributed by atoms with Crippen LogP contribution < -0.4 is 16.4 Å². The third kappa shape index (κ3) is 4.39. The number of hydrogen-bond donors (Lipinski definition) is 3. The van der Waals surface area contributed by atoms with Gasteiger partial charge in [0.05, 0.1) is 6.33 Å². The summed E-state index contributed by atoms with van der Waals surface area (Å²) >= 11 is 6.16. The van der Waals surface area contributed by atoms with Gasteiger partial charge in [0, 0.05) is 36.2 Å². The fourth-order valence-corrected chi connectivity index (χ4v) is 2.51. The maximum Gasteiger partial charge on any atom is 0.159 e. The summed E-state index contributed by atoms with van der Waals surface area (Å²) in [6, 6.07) is 5.72. The maximum absolute atomic E-state index is 6.18. The molecule has 0 unspecified atom stereocenters. The molecule has 0 spiro atoms. The number of nitrogens with one attached hydrogen (secondary N) is 2. The van der Waals surface area contributed by atoms with E-state index in [4.69, 9.17) is 17.3 Å². The molecule has 3 aromatic rings. The van der Waals surface area contributed by atoms with Gasteiger partial charge in [-0.15, -0.1) is 0 Å². The summed E-state index contributed by atoms with van der Waals surface area (Å²) in [5.41, 5.74) is 8.49. The molecule has 0 bridgehead atoms. The van der Waals surface area contributed by atoms with Crippen LogP contribution in [0.2, 0.25) is 5.02 Å². The highest BCUT2D eigenvalue weighted by Crippen LogP contribution is 2.27. The first-order valence-corrected chi connectivity index (χ1v) is 8.34. The van der Waals surface area contributed by atoms with Gasteiger partial charge in [-0.25, -0.2) is 15.0 Å². The lowest BCUT2D eigenvalue weighted by Gasteiger charge is -2.13. The van der Waals surface area contributed by atoms with E-state index in [1.54, 1.807) is 12.5 Å².